The molecule has 4 aromatic rings. The number of esters is 1. The zero-order valence-electron chi connectivity index (χ0n) is 20.5. The van der Waals surface area contributed by atoms with Crippen LogP contribution in [0.1, 0.15) is 47.2 Å². The van der Waals surface area contributed by atoms with Crippen LogP contribution in [0, 0.1) is 6.92 Å². The summed E-state index contributed by atoms with van der Waals surface area (Å²) in [7, 11) is 0. The fraction of sp³-hybridized carbons (Fsp3) is 0.241. The summed E-state index contributed by atoms with van der Waals surface area (Å²) >= 11 is 0. The molecular formula is C29H28N4O3. The van der Waals surface area contributed by atoms with Crippen LogP contribution in [0.25, 0.3) is 10.8 Å². The van der Waals surface area contributed by atoms with Gasteiger partial charge in [0.05, 0.1) is 5.69 Å². The van der Waals surface area contributed by atoms with Crippen molar-refractivity contribution in [1.82, 2.24) is 9.97 Å². The maximum absolute atomic E-state index is 12.8. The molecule has 182 valence electrons. The Kier molecular flexibility index (Phi) is 6.62. The third kappa shape index (κ3) is 5.20. The maximum atomic E-state index is 12.8. The molecule has 0 spiro atoms. The van der Waals surface area contributed by atoms with E-state index < -0.39 is 0 Å². The van der Waals surface area contributed by atoms with E-state index in [2.05, 4.69) is 15.2 Å². The van der Waals surface area contributed by atoms with E-state index in [0.717, 1.165) is 48.0 Å². The fourth-order valence-electron chi connectivity index (χ4n) is 4.51. The monoisotopic (exact) mass is 480 g/mol. The minimum atomic E-state index is -0.378. The Hall–Kier alpha value is -4.26. The van der Waals surface area contributed by atoms with Crippen molar-refractivity contribution in [2.24, 2.45) is 0 Å². The molecule has 1 amide bonds. The minimum absolute atomic E-state index is 0.149. The van der Waals surface area contributed by atoms with E-state index in [9.17, 15) is 9.59 Å². The predicted octanol–water partition coefficient (Wildman–Crippen LogP) is 5.31. The summed E-state index contributed by atoms with van der Waals surface area (Å²) in [5.74, 6) is 1.27. The molecular weight excluding hydrogens is 452 g/mol. The van der Waals surface area contributed by atoms with Gasteiger partial charge in [0, 0.05) is 37.7 Å². The fourth-order valence-corrected chi connectivity index (χ4v) is 4.51. The number of fused-ring (bicyclic) bond motifs is 1. The van der Waals surface area contributed by atoms with E-state index in [4.69, 9.17) is 9.72 Å². The first-order valence-corrected chi connectivity index (χ1v) is 12.2. The van der Waals surface area contributed by atoms with Gasteiger partial charge in [-0.1, -0.05) is 42.5 Å². The maximum Gasteiger partial charge on any atom is 0.308 e. The molecule has 0 aliphatic carbocycles. The van der Waals surface area contributed by atoms with Crippen LogP contribution in [0.15, 0.2) is 66.7 Å². The lowest BCUT2D eigenvalue weighted by Crippen LogP contribution is -2.22. The van der Waals surface area contributed by atoms with Crippen molar-refractivity contribution in [3.05, 3.63) is 89.4 Å². The number of anilines is 2. The second-order valence-corrected chi connectivity index (χ2v) is 9.06. The molecule has 7 nitrogen and oxygen atoms in total. The molecule has 2 heterocycles. The SMILES string of the molecule is CC(=O)Oc1c(C)nc(Cc2ccc(NC(=O)c3ccc4ccccc4c3)cc2)nc1N1CCCC1. The minimum Gasteiger partial charge on any atom is -0.421 e. The lowest BCUT2D eigenvalue weighted by Gasteiger charge is -2.21. The molecule has 0 radical (unpaired) electrons. The first-order valence-electron chi connectivity index (χ1n) is 12.2. The lowest BCUT2D eigenvalue weighted by molar-refractivity contribution is -0.131. The van der Waals surface area contributed by atoms with E-state index in [0.29, 0.717) is 35.1 Å². The van der Waals surface area contributed by atoms with Gasteiger partial charge in [-0.15, -0.1) is 0 Å². The third-order valence-electron chi connectivity index (χ3n) is 6.30. The third-order valence-corrected chi connectivity index (χ3v) is 6.30. The second kappa shape index (κ2) is 10.2. The Bertz CT molecular complexity index is 1430. The van der Waals surface area contributed by atoms with Crippen molar-refractivity contribution in [1.29, 1.82) is 0 Å². The van der Waals surface area contributed by atoms with Crippen LogP contribution in [0.5, 0.6) is 5.75 Å². The number of hydrogen-bond donors (Lipinski definition) is 1. The number of amides is 1. The number of benzene rings is 3. The Morgan fingerprint density at radius 2 is 1.67 bits per heavy atom. The molecule has 5 rings (SSSR count). The summed E-state index contributed by atoms with van der Waals surface area (Å²) in [6.07, 6.45) is 2.70. The largest absolute Gasteiger partial charge is 0.421 e. The Labute approximate surface area is 210 Å². The van der Waals surface area contributed by atoms with Gasteiger partial charge in [-0.3, -0.25) is 9.59 Å². The average molecular weight is 481 g/mol. The zero-order chi connectivity index (χ0) is 25.1. The molecule has 7 heteroatoms. The smallest absolute Gasteiger partial charge is 0.308 e. The van der Waals surface area contributed by atoms with Gasteiger partial charge < -0.3 is 15.0 Å². The van der Waals surface area contributed by atoms with Gasteiger partial charge in [-0.05, 0) is 60.4 Å². The summed E-state index contributed by atoms with van der Waals surface area (Å²) in [4.78, 5) is 35.9. The number of nitrogens with zero attached hydrogens (tertiary/aromatic N) is 3. The van der Waals surface area contributed by atoms with Crippen molar-refractivity contribution in [2.45, 2.75) is 33.1 Å². The summed E-state index contributed by atoms with van der Waals surface area (Å²) in [6.45, 7) is 5.00. The van der Waals surface area contributed by atoms with Gasteiger partial charge >= 0.3 is 5.97 Å². The summed E-state index contributed by atoms with van der Waals surface area (Å²) in [5, 5.41) is 5.10. The lowest BCUT2D eigenvalue weighted by atomic mass is 10.1. The highest BCUT2D eigenvalue weighted by Gasteiger charge is 2.23. The molecule has 0 unspecified atom stereocenters. The molecule has 0 saturated carbocycles. The predicted molar refractivity (Wildman–Crippen MR) is 141 cm³/mol. The number of nitrogens with one attached hydrogen (secondary N) is 1. The summed E-state index contributed by atoms with van der Waals surface area (Å²) in [5.41, 5.74) is 3.00. The van der Waals surface area contributed by atoms with Crippen LogP contribution in [0.4, 0.5) is 11.5 Å². The molecule has 0 atom stereocenters. The van der Waals surface area contributed by atoms with Gasteiger partial charge in [-0.2, -0.15) is 0 Å². The van der Waals surface area contributed by atoms with Crippen molar-refractivity contribution in [2.75, 3.05) is 23.3 Å². The molecule has 0 bridgehead atoms. The van der Waals surface area contributed by atoms with E-state index in [1.807, 2.05) is 73.7 Å². The Morgan fingerprint density at radius 1 is 0.944 bits per heavy atom. The Balaban J connectivity index is 1.31. The molecule has 36 heavy (non-hydrogen) atoms. The first kappa shape index (κ1) is 23.5. The second-order valence-electron chi connectivity index (χ2n) is 9.06. The van der Waals surface area contributed by atoms with E-state index >= 15 is 0 Å². The number of aryl methyl sites for hydroxylation is 1. The zero-order valence-corrected chi connectivity index (χ0v) is 20.5. The average Bonchev–Trinajstić information content (AvgIpc) is 3.41. The number of aromatic nitrogens is 2. The van der Waals surface area contributed by atoms with Crippen LogP contribution in [0.3, 0.4) is 0 Å². The molecule has 1 saturated heterocycles. The van der Waals surface area contributed by atoms with Crippen molar-refractivity contribution >= 4 is 34.2 Å². The van der Waals surface area contributed by atoms with Crippen molar-refractivity contribution in [3.63, 3.8) is 0 Å². The van der Waals surface area contributed by atoms with Crippen molar-refractivity contribution in [3.8, 4) is 5.75 Å². The number of rotatable bonds is 6. The molecule has 1 fully saturated rings. The molecule has 1 N–H and O–H groups in total. The van der Waals surface area contributed by atoms with Crippen LogP contribution >= 0.6 is 0 Å². The number of carbonyl (C=O) groups excluding carboxylic acids is 2. The van der Waals surface area contributed by atoms with Gasteiger partial charge in [-0.25, -0.2) is 9.97 Å². The molecule has 3 aromatic carbocycles. The van der Waals surface area contributed by atoms with Gasteiger partial charge in [0.2, 0.25) is 0 Å². The number of ether oxygens (including phenoxy) is 1. The van der Waals surface area contributed by atoms with E-state index in [1.165, 1.54) is 6.92 Å². The molecule has 1 aliphatic heterocycles. The quantitative estimate of drug-likeness (QED) is 0.377. The highest BCUT2D eigenvalue weighted by Crippen LogP contribution is 2.32. The van der Waals surface area contributed by atoms with Crippen LogP contribution in [-0.4, -0.2) is 34.9 Å². The first-order chi connectivity index (χ1) is 17.5. The summed E-state index contributed by atoms with van der Waals surface area (Å²) in [6, 6.07) is 21.4. The van der Waals surface area contributed by atoms with Gasteiger partial charge in [0.15, 0.2) is 11.6 Å². The number of carbonyl (C=O) groups is 2. The van der Waals surface area contributed by atoms with Gasteiger partial charge in [0.25, 0.3) is 5.91 Å². The van der Waals surface area contributed by atoms with E-state index in [1.54, 1.807) is 0 Å². The van der Waals surface area contributed by atoms with Crippen LogP contribution in [-0.2, 0) is 11.2 Å². The van der Waals surface area contributed by atoms with Crippen molar-refractivity contribution < 1.29 is 14.3 Å². The normalized spacial score (nSPS) is 13.1. The van der Waals surface area contributed by atoms with Gasteiger partial charge in [0.1, 0.15) is 5.82 Å². The molecule has 1 aromatic heterocycles. The van der Waals surface area contributed by atoms with Crippen LogP contribution < -0.4 is 15.0 Å². The summed E-state index contributed by atoms with van der Waals surface area (Å²) < 4.78 is 5.46. The highest BCUT2D eigenvalue weighted by atomic mass is 16.5. The van der Waals surface area contributed by atoms with E-state index in [-0.39, 0.29) is 11.9 Å². The standard InChI is InChI=1S/C29H28N4O3/c1-19-27(36-20(2)34)28(33-15-5-6-16-33)32-26(30-19)17-21-9-13-25(14-10-21)31-29(35)24-12-11-22-7-3-4-8-23(22)18-24/h3-4,7-14,18H,5-6,15-17H2,1-2H3,(H,31,35). The number of hydrogen-bond acceptors (Lipinski definition) is 6. The topological polar surface area (TPSA) is 84.4 Å². The molecule has 1 aliphatic rings. The Morgan fingerprint density at radius 3 is 2.39 bits per heavy atom. The highest BCUT2D eigenvalue weighted by molar-refractivity contribution is 6.06. The van der Waals surface area contributed by atoms with Crippen LogP contribution in [0.2, 0.25) is 0 Å².